The van der Waals surface area contributed by atoms with Crippen molar-refractivity contribution in [2.24, 2.45) is 0 Å². The first-order valence-corrected chi connectivity index (χ1v) is 7.57. The molecule has 3 heteroatoms. The number of likely N-dealkylation sites (tertiary alicyclic amines) is 1. The van der Waals surface area contributed by atoms with Crippen LogP contribution in [0.15, 0.2) is 36.9 Å². The van der Waals surface area contributed by atoms with Gasteiger partial charge in [-0.05, 0) is 38.9 Å². The summed E-state index contributed by atoms with van der Waals surface area (Å²) in [6, 6.07) is 8.81. The van der Waals surface area contributed by atoms with Crippen LogP contribution in [-0.4, -0.2) is 37.2 Å². The first-order valence-electron chi connectivity index (χ1n) is 7.57. The summed E-state index contributed by atoms with van der Waals surface area (Å²) < 4.78 is 5.68. The first-order chi connectivity index (χ1) is 9.81. The number of rotatable bonds is 8. The van der Waals surface area contributed by atoms with Gasteiger partial charge in [0.2, 0.25) is 0 Å². The number of para-hydroxylation sites is 1. The van der Waals surface area contributed by atoms with E-state index >= 15 is 0 Å². The molecule has 1 atom stereocenters. The van der Waals surface area contributed by atoms with Gasteiger partial charge < -0.3 is 10.1 Å². The van der Waals surface area contributed by atoms with Crippen molar-refractivity contribution in [2.45, 2.75) is 32.4 Å². The molecule has 0 amide bonds. The topological polar surface area (TPSA) is 24.5 Å². The van der Waals surface area contributed by atoms with E-state index in [-0.39, 0.29) is 0 Å². The van der Waals surface area contributed by atoms with E-state index in [2.05, 4.69) is 35.9 Å². The van der Waals surface area contributed by atoms with Gasteiger partial charge in [-0.2, -0.15) is 0 Å². The summed E-state index contributed by atoms with van der Waals surface area (Å²) in [7, 11) is 0. The maximum Gasteiger partial charge on any atom is 0.124 e. The van der Waals surface area contributed by atoms with Crippen LogP contribution in [0.3, 0.4) is 0 Å². The molecule has 110 valence electrons. The monoisotopic (exact) mass is 274 g/mol. The largest absolute Gasteiger partial charge is 0.489 e. The second kappa shape index (κ2) is 8.08. The molecule has 0 bridgehead atoms. The Morgan fingerprint density at radius 2 is 2.10 bits per heavy atom. The Morgan fingerprint density at radius 1 is 1.35 bits per heavy atom. The van der Waals surface area contributed by atoms with Crippen LogP contribution in [0, 0.1) is 0 Å². The maximum absolute atomic E-state index is 5.68. The third-order valence-corrected chi connectivity index (χ3v) is 3.85. The molecule has 0 saturated carbocycles. The van der Waals surface area contributed by atoms with Gasteiger partial charge in [0, 0.05) is 24.7 Å². The molecule has 1 fully saturated rings. The van der Waals surface area contributed by atoms with Crippen molar-refractivity contribution in [2.75, 3.05) is 26.2 Å². The van der Waals surface area contributed by atoms with E-state index in [0.717, 1.165) is 18.8 Å². The Labute approximate surface area is 122 Å². The molecule has 0 aliphatic carbocycles. The van der Waals surface area contributed by atoms with E-state index in [1.54, 1.807) is 6.08 Å². The van der Waals surface area contributed by atoms with Gasteiger partial charge in [-0.3, -0.25) is 4.90 Å². The Balaban J connectivity index is 1.79. The molecule has 3 nitrogen and oxygen atoms in total. The summed E-state index contributed by atoms with van der Waals surface area (Å²) in [4.78, 5) is 2.56. The highest BCUT2D eigenvalue weighted by Gasteiger charge is 2.17. The van der Waals surface area contributed by atoms with Crippen LogP contribution in [0.4, 0.5) is 0 Å². The van der Waals surface area contributed by atoms with Gasteiger partial charge in [-0.25, -0.2) is 0 Å². The molecule has 0 aromatic heterocycles. The zero-order valence-corrected chi connectivity index (χ0v) is 12.5. The molecule has 1 aromatic carbocycles. The number of hydrogen-bond acceptors (Lipinski definition) is 3. The van der Waals surface area contributed by atoms with Gasteiger partial charge in [-0.15, -0.1) is 0 Å². The number of nitrogens with one attached hydrogen (secondary N) is 1. The molecule has 1 N–H and O–H groups in total. The quantitative estimate of drug-likeness (QED) is 0.738. The van der Waals surface area contributed by atoms with Crippen molar-refractivity contribution in [1.29, 1.82) is 0 Å². The average molecular weight is 274 g/mol. The Kier molecular flexibility index (Phi) is 6.09. The zero-order valence-electron chi connectivity index (χ0n) is 12.5. The minimum Gasteiger partial charge on any atom is -0.489 e. The van der Waals surface area contributed by atoms with Crippen molar-refractivity contribution in [3.63, 3.8) is 0 Å². The zero-order chi connectivity index (χ0) is 14.2. The lowest BCUT2D eigenvalue weighted by Crippen LogP contribution is -2.38. The number of nitrogens with zero attached hydrogens (tertiary/aromatic N) is 1. The molecule has 0 radical (unpaired) electrons. The Morgan fingerprint density at radius 3 is 2.85 bits per heavy atom. The van der Waals surface area contributed by atoms with E-state index in [9.17, 15) is 0 Å². The van der Waals surface area contributed by atoms with Crippen molar-refractivity contribution in [3.8, 4) is 5.75 Å². The fourth-order valence-electron chi connectivity index (χ4n) is 2.67. The second-order valence-corrected chi connectivity index (χ2v) is 5.43. The lowest BCUT2D eigenvalue weighted by atomic mass is 10.2. The van der Waals surface area contributed by atoms with E-state index in [1.807, 2.05) is 12.1 Å². The van der Waals surface area contributed by atoms with Gasteiger partial charge in [0.15, 0.2) is 0 Å². The van der Waals surface area contributed by atoms with Gasteiger partial charge in [0.25, 0.3) is 0 Å². The standard InChI is InChI=1S/C17H26N2O/c1-3-12-20-17-9-5-4-8-16(17)14-18-13-15(2)19-10-6-7-11-19/h3-5,8-9,15,18H,1,6-7,10-14H2,2H3. The van der Waals surface area contributed by atoms with Crippen LogP contribution in [-0.2, 0) is 6.54 Å². The molecular weight excluding hydrogens is 248 g/mol. The average Bonchev–Trinajstić information content (AvgIpc) is 3.00. The normalized spacial score (nSPS) is 17.1. The predicted molar refractivity (Wildman–Crippen MR) is 84.1 cm³/mol. The van der Waals surface area contributed by atoms with Crippen LogP contribution >= 0.6 is 0 Å². The molecule has 1 saturated heterocycles. The summed E-state index contributed by atoms with van der Waals surface area (Å²) in [5.41, 5.74) is 1.21. The second-order valence-electron chi connectivity index (χ2n) is 5.43. The number of ether oxygens (including phenoxy) is 1. The maximum atomic E-state index is 5.68. The lowest BCUT2D eigenvalue weighted by molar-refractivity contribution is 0.251. The molecule has 1 aliphatic rings. The summed E-state index contributed by atoms with van der Waals surface area (Å²) in [5.74, 6) is 0.953. The third kappa shape index (κ3) is 4.36. The molecule has 20 heavy (non-hydrogen) atoms. The molecule has 1 heterocycles. The Hall–Kier alpha value is -1.32. The minimum absolute atomic E-state index is 0.557. The highest BCUT2D eigenvalue weighted by atomic mass is 16.5. The number of hydrogen-bond donors (Lipinski definition) is 1. The SMILES string of the molecule is C=CCOc1ccccc1CNCC(C)N1CCCC1. The van der Waals surface area contributed by atoms with Crippen LogP contribution in [0.2, 0.25) is 0 Å². The van der Waals surface area contributed by atoms with Crippen LogP contribution < -0.4 is 10.1 Å². The molecule has 0 spiro atoms. The molecule has 2 rings (SSSR count). The first kappa shape index (κ1) is 15.1. The van der Waals surface area contributed by atoms with Gasteiger partial charge in [0.05, 0.1) is 0 Å². The lowest BCUT2D eigenvalue weighted by Gasteiger charge is -2.24. The molecule has 1 unspecified atom stereocenters. The summed E-state index contributed by atoms with van der Waals surface area (Å²) in [6.07, 6.45) is 4.48. The van der Waals surface area contributed by atoms with E-state index in [0.29, 0.717) is 12.6 Å². The predicted octanol–water partition coefficient (Wildman–Crippen LogP) is 2.83. The number of benzene rings is 1. The summed E-state index contributed by atoms with van der Waals surface area (Å²) in [5, 5.41) is 3.55. The highest BCUT2D eigenvalue weighted by Crippen LogP contribution is 2.18. The van der Waals surface area contributed by atoms with E-state index in [1.165, 1.54) is 31.5 Å². The van der Waals surface area contributed by atoms with Gasteiger partial charge in [-0.1, -0.05) is 30.9 Å². The van der Waals surface area contributed by atoms with Gasteiger partial charge in [0.1, 0.15) is 12.4 Å². The van der Waals surface area contributed by atoms with E-state index < -0.39 is 0 Å². The molecular formula is C17H26N2O. The van der Waals surface area contributed by atoms with Gasteiger partial charge >= 0.3 is 0 Å². The highest BCUT2D eigenvalue weighted by molar-refractivity contribution is 5.33. The van der Waals surface area contributed by atoms with Crippen LogP contribution in [0.25, 0.3) is 0 Å². The van der Waals surface area contributed by atoms with Crippen LogP contribution in [0.5, 0.6) is 5.75 Å². The third-order valence-electron chi connectivity index (χ3n) is 3.85. The van der Waals surface area contributed by atoms with E-state index in [4.69, 9.17) is 4.74 Å². The fourth-order valence-corrected chi connectivity index (χ4v) is 2.67. The molecule has 1 aromatic rings. The summed E-state index contributed by atoms with van der Waals surface area (Å²) >= 11 is 0. The van der Waals surface area contributed by atoms with Crippen LogP contribution in [0.1, 0.15) is 25.3 Å². The Bertz CT molecular complexity index is 413. The van der Waals surface area contributed by atoms with Crippen molar-refractivity contribution < 1.29 is 4.74 Å². The fraction of sp³-hybridized carbons (Fsp3) is 0.529. The van der Waals surface area contributed by atoms with Crippen molar-refractivity contribution in [3.05, 3.63) is 42.5 Å². The minimum atomic E-state index is 0.557. The van der Waals surface area contributed by atoms with Crippen molar-refractivity contribution >= 4 is 0 Å². The summed E-state index contributed by atoms with van der Waals surface area (Å²) in [6.45, 7) is 10.9. The smallest absolute Gasteiger partial charge is 0.124 e. The van der Waals surface area contributed by atoms with Crippen molar-refractivity contribution in [1.82, 2.24) is 10.2 Å². The molecule has 1 aliphatic heterocycles.